The number of pyridine rings is 2. The molecule has 0 aromatic carbocycles. The van der Waals surface area contributed by atoms with Crippen LogP contribution >= 0.6 is 0 Å². The van der Waals surface area contributed by atoms with E-state index in [0.717, 1.165) is 16.8 Å². The zero-order valence-electron chi connectivity index (χ0n) is 9.40. The van der Waals surface area contributed by atoms with Crippen LogP contribution in [0.4, 0.5) is 13.2 Å². The molecule has 0 saturated heterocycles. The van der Waals surface area contributed by atoms with Gasteiger partial charge in [0.05, 0.1) is 5.56 Å². The highest BCUT2D eigenvalue weighted by atomic mass is 19.4. The van der Waals surface area contributed by atoms with Crippen molar-refractivity contribution in [3.63, 3.8) is 0 Å². The summed E-state index contributed by atoms with van der Waals surface area (Å²) in [5.41, 5.74) is -1.01. The first-order chi connectivity index (χ1) is 8.39. The van der Waals surface area contributed by atoms with Gasteiger partial charge in [-0.3, -0.25) is 9.36 Å². The summed E-state index contributed by atoms with van der Waals surface area (Å²) >= 11 is 0. The molecule has 0 radical (unpaired) electrons. The second-order valence-electron chi connectivity index (χ2n) is 3.77. The van der Waals surface area contributed by atoms with Gasteiger partial charge in [0.2, 0.25) is 0 Å². The Morgan fingerprint density at radius 1 is 1.28 bits per heavy atom. The third-order valence-corrected chi connectivity index (χ3v) is 2.46. The summed E-state index contributed by atoms with van der Waals surface area (Å²) in [4.78, 5) is 15.6. The Morgan fingerprint density at radius 3 is 2.56 bits per heavy atom. The third-order valence-electron chi connectivity index (χ3n) is 2.46. The SMILES string of the molecule is Cc1cccnc1-n1ccc(C(F)(F)F)cc1=O. The first-order valence-electron chi connectivity index (χ1n) is 5.11. The standard InChI is InChI=1S/C12H9F3N2O/c1-8-3-2-5-16-11(8)17-6-4-9(7-10(17)18)12(13,14)15/h2-7H,1H3. The van der Waals surface area contributed by atoms with Crippen LogP contribution in [0.3, 0.4) is 0 Å². The molecule has 0 aliphatic heterocycles. The first-order valence-corrected chi connectivity index (χ1v) is 5.11. The van der Waals surface area contributed by atoms with Gasteiger partial charge in [0.1, 0.15) is 5.82 Å². The molecule has 0 N–H and O–H groups in total. The van der Waals surface area contributed by atoms with Crippen molar-refractivity contribution in [2.24, 2.45) is 0 Å². The quantitative estimate of drug-likeness (QED) is 0.783. The lowest BCUT2D eigenvalue weighted by molar-refractivity contribution is -0.137. The molecule has 0 amide bonds. The minimum Gasteiger partial charge on any atom is -0.269 e. The molecule has 0 fully saturated rings. The zero-order chi connectivity index (χ0) is 13.3. The third kappa shape index (κ3) is 2.27. The molecular formula is C12H9F3N2O. The van der Waals surface area contributed by atoms with E-state index >= 15 is 0 Å². The van der Waals surface area contributed by atoms with E-state index in [9.17, 15) is 18.0 Å². The van der Waals surface area contributed by atoms with Gasteiger partial charge in [0.25, 0.3) is 5.56 Å². The van der Waals surface area contributed by atoms with Crippen molar-refractivity contribution >= 4 is 0 Å². The number of hydrogen-bond donors (Lipinski definition) is 0. The number of rotatable bonds is 1. The molecule has 0 saturated carbocycles. The maximum atomic E-state index is 12.4. The molecular weight excluding hydrogens is 245 g/mol. The summed E-state index contributed by atoms with van der Waals surface area (Å²) in [5, 5.41) is 0. The fourth-order valence-electron chi connectivity index (χ4n) is 1.56. The Bertz CT molecular complexity index is 632. The maximum Gasteiger partial charge on any atom is 0.416 e. The molecule has 0 aliphatic rings. The Kier molecular flexibility index (Phi) is 2.94. The highest BCUT2D eigenvalue weighted by Crippen LogP contribution is 2.27. The van der Waals surface area contributed by atoms with E-state index in [1.807, 2.05) is 0 Å². The molecule has 2 heterocycles. The first kappa shape index (κ1) is 12.3. The van der Waals surface area contributed by atoms with E-state index in [0.29, 0.717) is 17.4 Å². The lowest BCUT2D eigenvalue weighted by Crippen LogP contribution is -2.21. The van der Waals surface area contributed by atoms with Crippen LogP contribution in [0, 0.1) is 6.92 Å². The second-order valence-corrected chi connectivity index (χ2v) is 3.77. The maximum absolute atomic E-state index is 12.4. The van der Waals surface area contributed by atoms with Crippen molar-refractivity contribution in [3.05, 3.63) is 58.1 Å². The van der Waals surface area contributed by atoms with E-state index in [4.69, 9.17) is 0 Å². The summed E-state index contributed by atoms with van der Waals surface area (Å²) in [6.07, 6.45) is -1.95. The van der Waals surface area contributed by atoms with Crippen LogP contribution in [-0.4, -0.2) is 9.55 Å². The van der Waals surface area contributed by atoms with Gasteiger partial charge in [0, 0.05) is 18.5 Å². The largest absolute Gasteiger partial charge is 0.416 e. The Morgan fingerprint density at radius 2 is 2.00 bits per heavy atom. The lowest BCUT2D eigenvalue weighted by Gasteiger charge is -2.10. The van der Waals surface area contributed by atoms with Crippen LogP contribution in [0.2, 0.25) is 0 Å². The van der Waals surface area contributed by atoms with Gasteiger partial charge in [-0.15, -0.1) is 0 Å². The number of hydrogen-bond acceptors (Lipinski definition) is 2. The smallest absolute Gasteiger partial charge is 0.269 e. The lowest BCUT2D eigenvalue weighted by atomic mass is 10.2. The minimum absolute atomic E-state index is 0.330. The zero-order valence-corrected chi connectivity index (χ0v) is 9.40. The average molecular weight is 254 g/mol. The van der Waals surface area contributed by atoms with E-state index in [1.165, 1.54) is 6.20 Å². The Balaban J connectivity index is 2.56. The molecule has 3 nitrogen and oxygen atoms in total. The summed E-state index contributed by atoms with van der Waals surface area (Å²) < 4.78 is 38.3. The number of halogens is 3. The van der Waals surface area contributed by atoms with Gasteiger partial charge in [-0.2, -0.15) is 13.2 Å². The molecule has 2 aromatic heterocycles. The van der Waals surface area contributed by atoms with Crippen LogP contribution in [0.1, 0.15) is 11.1 Å². The van der Waals surface area contributed by atoms with Crippen LogP contribution in [0.15, 0.2) is 41.5 Å². The molecule has 0 unspecified atom stereocenters. The topological polar surface area (TPSA) is 34.9 Å². The molecule has 94 valence electrons. The number of aryl methyl sites for hydroxylation is 1. The predicted octanol–water partition coefficient (Wildman–Crippen LogP) is 2.56. The van der Waals surface area contributed by atoms with E-state index in [1.54, 1.807) is 19.1 Å². The predicted molar refractivity (Wildman–Crippen MR) is 59.6 cm³/mol. The highest BCUT2D eigenvalue weighted by Gasteiger charge is 2.31. The van der Waals surface area contributed by atoms with Crippen LogP contribution in [0.5, 0.6) is 0 Å². The Hall–Kier alpha value is -2.11. The van der Waals surface area contributed by atoms with Crippen molar-refractivity contribution in [1.29, 1.82) is 0 Å². The van der Waals surface area contributed by atoms with E-state index < -0.39 is 17.3 Å². The average Bonchev–Trinajstić information content (AvgIpc) is 2.29. The van der Waals surface area contributed by atoms with Crippen molar-refractivity contribution in [3.8, 4) is 5.82 Å². The van der Waals surface area contributed by atoms with Gasteiger partial charge in [-0.05, 0) is 24.6 Å². The van der Waals surface area contributed by atoms with Crippen LogP contribution in [-0.2, 0) is 6.18 Å². The highest BCUT2D eigenvalue weighted by molar-refractivity contribution is 5.33. The Labute approximate surface area is 101 Å². The molecule has 0 atom stereocenters. The molecule has 2 rings (SSSR count). The molecule has 6 heteroatoms. The van der Waals surface area contributed by atoms with Crippen LogP contribution in [0.25, 0.3) is 5.82 Å². The number of aromatic nitrogens is 2. The minimum atomic E-state index is -4.52. The monoisotopic (exact) mass is 254 g/mol. The second kappa shape index (κ2) is 4.29. The fraction of sp³-hybridized carbons (Fsp3) is 0.167. The summed E-state index contributed by atoms with van der Waals surface area (Å²) in [6.45, 7) is 1.73. The molecule has 0 aliphatic carbocycles. The summed E-state index contributed by atoms with van der Waals surface area (Å²) in [5.74, 6) is 0.330. The number of alkyl halides is 3. The van der Waals surface area contributed by atoms with Crippen molar-refractivity contribution < 1.29 is 13.2 Å². The van der Waals surface area contributed by atoms with Gasteiger partial charge in [-0.25, -0.2) is 4.98 Å². The molecule has 0 bridgehead atoms. The van der Waals surface area contributed by atoms with Gasteiger partial charge >= 0.3 is 6.18 Å². The summed E-state index contributed by atoms with van der Waals surface area (Å²) in [7, 11) is 0. The van der Waals surface area contributed by atoms with Gasteiger partial charge < -0.3 is 0 Å². The van der Waals surface area contributed by atoms with Crippen molar-refractivity contribution in [2.75, 3.05) is 0 Å². The van der Waals surface area contributed by atoms with E-state index in [-0.39, 0.29) is 0 Å². The van der Waals surface area contributed by atoms with E-state index in [2.05, 4.69) is 4.98 Å². The van der Waals surface area contributed by atoms with Crippen LogP contribution < -0.4 is 5.56 Å². The normalized spacial score (nSPS) is 11.6. The molecule has 2 aromatic rings. The molecule has 18 heavy (non-hydrogen) atoms. The van der Waals surface area contributed by atoms with Gasteiger partial charge in [0.15, 0.2) is 0 Å². The fourth-order valence-corrected chi connectivity index (χ4v) is 1.56. The van der Waals surface area contributed by atoms with Crippen molar-refractivity contribution in [2.45, 2.75) is 13.1 Å². The van der Waals surface area contributed by atoms with Crippen molar-refractivity contribution in [1.82, 2.24) is 9.55 Å². The summed E-state index contributed by atoms with van der Waals surface area (Å²) in [6, 6.07) is 4.84. The molecule has 0 spiro atoms. The van der Waals surface area contributed by atoms with Gasteiger partial charge in [-0.1, -0.05) is 6.07 Å². The number of nitrogens with zero attached hydrogens (tertiary/aromatic N) is 2.